The Kier molecular flexibility index (Phi) is 6.45. The van der Waals surface area contributed by atoms with Crippen LogP contribution in [0, 0.1) is 6.92 Å². The fourth-order valence-electron chi connectivity index (χ4n) is 4.42. The summed E-state index contributed by atoms with van der Waals surface area (Å²) in [4.78, 5) is 15.1. The molecular weight excluding hydrogens is 398 g/mol. The number of aliphatic hydroxyl groups excluding tert-OH is 1. The van der Waals surface area contributed by atoms with E-state index in [0.29, 0.717) is 23.4 Å². The average molecular weight is 430 g/mol. The third-order valence-electron chi connectivity index (χ3n) is 6.37. The minimum absolute atomic E-state index is 0.0818. The van der Waals surface area contributed by atoms with E-state index in [4.69, 9.17) is 0 Å². The molecule has 2 N–H and O–H groups in total. The van der Waals surface area contributed by atoms with E-state index in [1.165, 1.54) is 5.56 Å². The molecule has 3 aromatic rings. The van der Waals surface area contributed by atoms with E-state index >= 15 is 0 Å². The zero-order valence-corrected chi connectivity index (χ0v) is 18.8. The molecule has 4 heteroatoms. The number of carbonyl (C=O) groups excluding carboxylic acids is 1. The van der Waals surface area contributed by atoms with Crippen LogP contribution in [0.3, 0.4) is 0 Å². The normalized spacial score (nSPS) is 18.6. The Morgan fingerprint density at radius 2 is 1.59 bits per heavy atom. The van der Waals surface area contributed by atoms with Gasteiger partial charge in [-0.25, -0.2) is 0 Å². The van der Waals surface area contributed by atoms with Crippen LogP contribution >= 0.6 is 0 Å². The molecule has 1 amide bonds. The Balaban J connectivity index is 1.57. The van der Waals surface area contributed by atoms with Gasteiger partial charge < -0.3 is 15.1 Å². The number of benzene rings is 3. The third kappa shape index (κ3) is 4.34. The number of amides is 1. The highest BCUT2D eigenvalue weighted by Crippen LogP contribution is 2.45. The lowest BCUT2D eigenvalue weighted by Gasteiger charge is -2.26. The summed E-state index contributed by atoms with van der Waals surface area (Å²) in [5, 5.41) is 22.5. The maximum Gasteiger partial charge on any atom is 0.264 e. The molecule has 4 rings (SSSR count). The van der Waals surface area contributed by atoms with Crippen molar-refractivity contribution in [1.29, 1.82) is 0 Å². The van der Waals surface area contributed by atoms with E-state index in [1.807, 2.05) is 73.7 Å². The van der Waals surface area contributed by atoms with Crippen molar-refractivity contribution < 1.29 is 15.0 Å². The molecule has 3 aromatic carbocycles. The highest BCUT2D eigenvalue weighted by Gasteiger charge is 2.50. The zero-order chi connectivity index (χ0) is 22.7. The first kappa shape index (κ1) is 22.3. The lowest BCUT2D eigenvalue weighted by molar-refractivity contribution is -0.139. The molecule has 0 aliphatic carbocycles. The van der Waals surface area contributed by atoms with Crippen molar-refractivity contribution in [2.45, 2.75) is 57.8 Å². The summed E-state index contributed by atoms with van der Waals surface area (Å²) in [5.74, 6) is -0.391. The molecule has 32 heavy (non-hydrogen) atoms. The van der Waals surface area contributed by atoms with E-state index in [2.05, 4.69) is 6.92 Å². The van der Waals surface area contributed by atoms with E-state index in [9.17, 15) is 15.0 Å². The van der Waals surface area contributed by atoms with E-state index < -0.39 is 17.6 Å². The van der Waals surface area contributed by atoms with E-state index in [-0.39, 0.29) is 6.42 Å². The molecule has 2 unspecified atom stereocenters. The van der Waals surface area contributed by atoms with E-state index in [1.54, 1.807) is 11.0 Å². The molecule has 166 valence electrons. The zero-order valence-electron chi connectivity index (χ0n) is 18.8. The highest BCUT2D eigenvalue weighted by molar-refractivity contribution is 6.06. The second-order valence-electron chi connectivity index (χ2n) is 8.82. The maximum atomic E-state index is 13.5. The van der Waals surface area contributed by atoms with Gasteiger partial charge in [0.2, 0.25) is 0 Å². The number of fused-ring (bicyclic) bond motifs is 1. The molecule has 1 aliphatic rings. The number of aliphatic hydroxyl groups is 2. The van der Waals surface area contributed by atoms with Crippen molar-refractivity contribution in [1.82, 2.24) is 0 Å². The third-order valence-corrected chi connectivity index (χ3v) is 6.37. The summed E-state index contributed by atoms with van der Waals surface area (Å²) in [6.45, 7) is 4.56. The number of unbranched alkanes of at least 4 members (excludes halogenated alkanes) is 1. The van der Waals surface area contributed by atoms with Crippen molar-refractivity contribution >= 4 is 11.6 Å². The van der Waals surface area contributed by atoms with Gasteiger partial charge in [-0.3, -0.25) is 4.79 Å². The minimum Gasteiger partial charge on any atom is -0.388 e. The van der Waals surface area contributed by atoms with Crippen molar-refractivity contribution in [2.75, 3.05) is 4.90 Å². The largest absolute Gasteiger partial charge is 0.388 e. The van der Waals surface area contributed by atoms with Crippen molar-refractivity contribution in [3.63, 3.8) is 0 Å². The van der Waals surface area contributed by atoms with Crippen LogP contribution in [-0.4, -0.2) is 16.1 Å². The van der Waals surface area contributed by atoms with Crippen LogP contribution in [0.4, 0.5) is 5.69 Å². The SMILES string of the molecule is CCCCc1ccc(C(O)CC2(O)C(=O)N(Cc3ccc(C)cc3)c3ccccc32)cc1. The number of anilines is 1. The average Bonchev–Trinajstić information content (AvgIpc) is 3.01. The Labute approximate surface area is 190 Å². The van der Waals surface area contributed by atoms with Gasteiger partial charge in [-0.15, -0.1) is 0 Å². The van der Waals surface area contributed by atoms with Crippen LogP contribution in [0.2, 0.25) is 0 Å². The summed E-state index contributed by atoms with van der Waals surface area (Å²) >= 11 is 0. The quantitative estimate of drug-likeness (QED) is 0.518. The topological polar surface area (TPSA) is 60.8 Å². The van der Waals surface area contributed by atoms with Crippen molar-refractivity contribution in [3.8, 4) is 0 Å². The smallest absolute Gasteiger partial charge is 0.264 e. The number of rotatable bonds is 8. The molecular formula is C28H31NO3. The maximum absolute atomic E-state index is 13.5. The highest BCUT2D eigenvalue weighted by atomic mass is 16.3. The number of aryl methyl sites for hydroxylation is 2. The molecule has 2 atom stereocenters. The number of carbonyl (C=O) groups is 1. The van der Waals surface area contributed by atoms with Gasteiger partial charge in [0.1, 0.15) is 0 Å². The van der Waals surface area contributed by atoms with Crippen LogP contribution < -0.4 is 4.90 Å². The van der Waals surface area contributed by atoms with Crippen molar-refractivity contribution in [3.05, 3.63) is 101 Å². The second-order valence-corrected chi connectivity index (χ2v) is 8.82. The lowest BCUT2D eigenvalue weighted by Crippen LogP contribution is -2.41. The van der Waals surface area contributed by atoms with Crippen LogP contribution in [-0.2, 0) is 23.4 Å². The summed E-state index contributed by atoms with van der Waals surface area (Å²) in [5.41, 5.74) is 3.57. The summed E-state index contributed by atoms with van der Waals surface area (Å²) in [6.07, 6.45) is 2.25. The monoisotopic (exact) mass is 429 g/mol. The first-order valence-corrected chi connectivity index (χ1v) is 11.4. The van der Waals surface area contributed by atoms with Gasteiger partial charge in [-0.2, -0.15) is 0 Å². The molecule has 1 aliphatic heterocycles. The number of hydrogen-bond donors (Lipinski definition) is 2. The molecule has 1 heterocycles. The summed E-state index contributed by atoms with van der Waals surface area (Å²) in [6, 6.07) is 23.2. The molecule has 0 saturated carbocycles. The summed E-state index contributed by atoms with van der Waals surface area (Å²) < 4.78 is 0. The fourth-order valence-corrected chi connectivity index (χ4v) is 4.42. The number of para-hydroxylation sites is 1. The Morgan fingerprint density at radius 1 is 0.938 bits per heavy atom. The van der Waals surface area contributed by atoms with Gasteiger partial charge >= 0.3 is 0 Å². The lowest BCUT2D eigenvalue weighted by atomic mass is 9.87. The molecule has 0 saturated heterocycles. The Bertz CT molecular complexity index is 1070. The summed E-state index contributed by atoms with van der Waals surface area (Å²) in [7, 11) is 0. The van der Waals surface area contributed by atoms with Crippen LogP contribution in [0.15, 0.2) is 72.8 Å². The first-order valence-electron chi connectivity index (χ1n) is 11.4. The standard InChI is InChI=1S/C28H31NO3/c1-3-4-7-21-14-16-23(17-15-21)26(30)18-28(32)24-8-5-6-9-25(24)29(27(28)31)19-22-12-10-20(2)11-13-22/h5-6,8-17,26,30,32H,3-4,7,18-19H2,1-2H3. The Morgan fingerprint density at radius 3 is 2.28 bits per heavy atom. The van der Waals surface area contributed by atoms with Crippen LogP contribution in [0.25, 0.3) is 0 Å². The molecule has 0 spiro atoms. The van der Waals surface area contributed by atoms with E-state index in [0.717, 1.165) is 30.4 Å². The van der Waals surface area contributed by atoms with Crippen molar-refractivity contribution in [2.24, 2.45) is 0 Å². The predicted octanol–water partition coefficient (Wildman–Crippen LogP) is 5.20. The Hall–Kier alpha value is -2.95. The van der Waals surface area contributed by atoms with Crippen LogP contribution in [0.5, 0.6) is 0 Å². The fraction of sp³-hybridized carbons (Fsp3) is 0.321. The molecule has 0 fully saturated rings. The van der Waals surface area contributed by atoms with Crippen LogP contribution in [0.1, 0.15) is 60.1 Å². The van der Waals surface area contributed by atoms with Gasteiger partial charge in [0.15, 0.2) is 5.60 Å². The first-order chi connectivity index (χ1) is 15.4. The number of hydrogen-bond acceptors (Lipinski definition) is 3. The van der Waals surface area contributed by atoms with Gasteiger partial charge in [-0.05, 0) is 42.5 Å². The van der Waals surface area contributed by atoms with Gasteiger partial charge in [0, 0.05) is 12.0 Å². The van der Waals surface area contributed by atoms with Gasteiger partial charge in [0.05, 0.1) is 18.3 Å². The molecule has 4 nitrogen and oxygen atoms in total. The minimum atomic E-state index is -1.76. The molecule has 0 aromatic heterocycles. The van der Waals surface area contributed by atoms with Gasteiger partial charge in [-0.1, -0.05) is 85.6 Å². The van der Waals surface area contributed by atoms with Gasteiger partial charge in [0.25, 0.3) is 5.91 Å². The predicted molar refractivity (Wildman–Crippen MR) is 127 cm³/mol. The molecule has 0 bridgehead atoms. The molecule has 0 radical (unpaired) electrons. The number of nitrogens with zero attached hydrogens (tertiary/aromatic N) is 1. The second kappa shape index (κ2) is 9.27.